The van der Waals surface area contributed by atoms with E-state index in [0.29, 0.717) is 0 Å². The van der Waals surface area contributed by atoms with Gasteiger partial charge in [-0.15, -0.1) is 0 Å². The van der Waals surface area contributed by atoms with E-state index in [1.807, 2.05) is 0 Å². The average Bonchev–Trinajstić information content (AvgIpc) is 1.25. The van der Waals surface area contributed by atoms with Gasteiger partial charge in [-0.1, -0.05) is 212 Å². The molecule has 0 unspecified atom stereocenters. The van der Waals surface area contributed by atoms with E-state index in [-0.39, 0.29) is 13.4 Å². The Bertz CT molecular complexity index is 5260. The summed E-state index contributed by atoms with van der Waals surface area (Å²) in [5, 5.41) is 4.27. The highest BCUT2D eigenvalue weighted by Gasteiger charge is 2.49. The normalized spacial score (nSPS) is 13.2. The molecule has 0 saturated carbocycles. The molecule has 0 amide bonds. The van der Waals surface area contributed by atoms with Crippen LogP contribution in [0.4, 0.5) is 34.1 Å². The molecule has 19 rings (SSSR count). The van der Waals surface area contributed by atoms with Gasteiger partial charge in [-0.3, -0.25) is 0 Å². The first-order chi connectivity index (χ1) is 42.7. The third-order valence-electron chi connectivity index (χ3n) is 18.5. The molecule has 0 fully saturated rings. The Morgan fingerprint density at radius 1 is 0.326 bits per heavy atom. The Morgan fingerprint density at radius 2 is 0.837 bits per heavy atom. The van der Waals surface area contributed by atoms with E-state index in [2.05, 4.69) is 299 Å². The average molecular weight is 1100 g/mol. The van der Waals surface area contributed by atoms with E-state index >= 15 is 0 Å². The van der Waals surface area contributed by atoms with Gasteiger partial charge in [0.25, 0.3) is 13.4 Å². The first-order valence-electron chi connectivity index (χ1n) is 29.6. The zero-order chi connectivity index (χ0) is 56.1. The summed E-state index contributed by atoms with van der Waals surface area (Å²) in [5.41, 5.74) is 24.4. The van der Waals surface area contributed by atoms with Gasteiger partial charge in [0.15, 0.2) is 0 Å². The van der Waals surface area contributed by atoms with E-state index in [1.54, 1.807) is 0 Å². The van der Waals surface area contributed by atoms with E-state index in [0.717, 1.165) is 162 Å². The van der Waals surface area contributed by atoms with Crippen molar-refractivity contribution in [1.82, 2.24) is 4.57 Å². The molecule has 2 aromatic heterocycles. The van der Waals surface area contributed by atoms with Gasteiger partial charge in [-0.2, -0.15) is 0 Å². The minimum Gasteiger partial charge on any atom is -0.457 e. The van der Waals surface area contributed by atoms with Crippen LogP contribution >= 0.6 is 0 Å². The molecule has 6 nitrogen and oxygen atoms in total. The van der Waals surface area contributed by atoms with E-state index in [9.17, 15) is 0 Å². The Morgan fingerprint density at radius 3 is 1.49 bits per heavy atom. The Kier molecular flexibility index (Phi) is 9.98. The molecule has 13 aromatic carbocycles. The minimum absolute atomic E-state index is 0.212. The van der Waals surface area contributed by atoms with Crippen LogP contribution in [0.2, 0.25) is 0 Å². The minimum atomic E-state index is -0.294. The second-order valence-corrected chi connectivity index (χ2v) is 22.9. The molecule has 6 heterocycles. The summed E-state index contributed by atoms with van der Waals surface area (Å²) in [5.74, 6) is 3.11. The van der Waals surface area contributed by atoms with Gasteiger partial charge in [-0.05, 0) is 122 Å². The lowest BCUT2D eigenvalue weighted by atomic mass is 9.31. The number of furan rings is 1. The Labute approximate surface area is 496 Å². The van der Waals surface area contributed by atoms with Gasteiger partial charge in [-0.25, -0.2) is 0 Å². The number of hydrogen-bond donors (Lipinski definition) is 0. The molecule has 4 aliphatic heterocycles. The van der Waals surface area contributed by atoms with Gasteiger partial charge in [0.05, 0.1) is 33.1 Å². The van der Waals surface area contributed by atoms with Crippen LogP contribution in [0.5, 0.6) is 23.0 Å². The van der Waals surface area contributed by atoms with Crippen LogP contribution in [0.15, 0.2) is 290 Å². The third-order valence-corrected chi connectivity index (χ3v) is 18.5. The van der Waals surface area contributed by atoms with Crippen molar-refractivity contribution in [3.63, 3.8) is 0 Å². The molecule has 0 saturated heterocycles. The van der Waals surface area contributed by atoms with Crippen molar-refractivity contribution in [2.45, 2.75) is 0 Å². The molecule has 4 aliphatic rings. The van der Waals surface area contributed by atoms with Crippen molar-refractivity contribution < 1.29 is 13.9 Å². The second-order valence-electron chi connectivity index (χ2n) is 22.9. The van der Waals surface area contributed by atoms with Crippen LogP contribution in [0.3, 0.4) is 0 Å². The number of ether oxygens (including phenoxy) is 2. The second kappa shape index (κ2) is 18.1. The molecule has 15 aromatic rings. The topological polar surface area (TPSA) is 43.0 Å². The molecule has 398 valence electrons. The van der Waals surface area contributed by atoms with Gasteiger partial charge in [0.2, 0.25) is 0 Å². The van der Waals surface area contributed by atoms with E-state index in [1.165, 1.54) is 10.9 Å². The first-order valence-corrected chi connectivity index (χ1v) is 29.6. The molecule has 0 aliphatic carbocycles. The van der Waals surface area contributed by atoms with Crippen LogP contribution < -0.4 is 52.1 Å². The molecule has 0 bridgehead atoms. The predicted octanol–water partition coefficient (Wildman–Crippen LogP) is 16.5. The number of anilines is 6. The number of fused-ring (bicyclic) bond motifs is 16. The monoisotopic (exact) mass is 1100 g/mol. The maximum atomic E-state index is 8.04. The van der Waals surface area contributed by atoms with Crippen molar-refractivity contribution in [3.8, 4) is 62.1 Å². The van der Waals surface area contributed by atoms with Crippen LogP contribution in [0.1, 0.15) is 0 Å². The number of rotatable bonds is 6. The molecule has 0 radical (unpaired) electrons. The highest BCUT2D eigenvalue weighted by molar-refractivity contribution is 7.02. The fourth-order valence-corrected chi connectivity index (χ4v) is 15.0. The number of benzene rings is 13. The smallest absolute Gasteiger partial charge is 0.256 e. The van der Waals surface area contributed by atoms with Crippen molar-refractivity contribution in [2.24, 2.45) is 0 Å². The Balaban J connectivity index is 0.949. The highest BCUT2D eigenvalue weighted by Crippen LogP contribution is 2.56. The summed E-state index contributed by atoms with van der Waals surface area (Å²) >= 11 is 0. The quantitative estimate of drug-likeness (QED) is 0.155. The largest absolute Gasteiger partial charge is 0.457 e. The predicted molar refractivity (Wildman–Crippen MR) is 356 cm³/mol. The summed E-state index contributed by atoms with van der Waals surface area (Å²) < 4.78 is 25.7. The van der Waals surface area contributed by atoms with Crippen molar-refractivity contribution in [2.75, 3.05) is 9.80 Å². The summed E-state index contributed by atoms with van der Waals surface area (Å²) in [6.45, 7) is -0.506. The molecular weight excluding hydrogens is 1050 g/mol. The number of aromatic nitrogens is 1. The van der Waals surface area contributed by atoms with E-state index < -0.39 is 0 Å². The third kappa shape index (κ3) is 6.58. The van der Waals surface area contributed by atoms with Crippen molar-refractivity contribution >= 4 is 124 Å². The number of para-hydroxylation sites is 7. The molecular formula is C78H47B2N3O3. The lowest BCUT2D eigenvalue weighted by Crippen LogP contribution is -2.63. The molecule has 0 atom stereocenters. The van der Waals surface area contributed by atoms with Crippen LogP contribution in [0.25, 0.3) is 82.8 Å². The fourth-order valence-electron chi connectivity index (χ4n) is 15.0. The summed E-state index contributed by atoms with van der Waals surface area (Å²) in [6, 6.07) is 103. The highest BCUT2D eigenvalue weighted by atomic mass is 16.5. The molecule has 8 heteroatoms. The molecule has 86 heavy (non-hydrogen) atoms. The maximum Gasteiger partial charge on any atom is 0.256 e. The number of hydrogen-bond acceptors (Lipinski definition) is 5. The van der Waals surface area contributed by atoms with Gasteiger partial charge < -0.3 is 28.3 Å². The SMILES string of the molecule is c1ccc(-c2cccc(-c3ccccc3)c2-c2c3c4c(c5c2oc2ccccc25)N(c2ccccc2)c2ccccc2B4c2cc4c(cc2O3)Oc2c3c(cc5c2c2ccccc2n5-c2ccccc2)N(c2ccccc2)c2ccccc2B43)cc1. The van der Waals surface area contributed by atoms with Crippen molar-refractivity contribution in [1.29, 1.82) is 0 Å². The van der Waals surface area contributed by atoms with E-state index in [4.69, 9.17) is 13.9 Å². The van der Waals surface area contributed by atoms with Crippen molar-refractivity contribution in [3.05, 3.63) is 285 Å². The lowest BCUT2D eigenvalue weighted by molar-refractivity contribution is 0.469. The van der Waals surface area contributed by atoms with Crippen LogP contribution in [-0.4, -0.2) is 18.0 Å². The van der Waals surface area contributed by atoms with Crippen LogP contribution in [-0.2, 0) is 0 Å². The Hall–Kier alpha value is -11.2. The lowest BCUT2D eigenvalue weighted by Gasteiger charge is -2.43. The summed E-state index contributed by atoms with van der Waals surface area (Å²) in [7, 11) is 0. The van der Waals surface area contributed by atoms with Gasteiger partial charge in [0, 0.05) is 56.5 Å². The molecule has 0 spiro atoms. The first kappa shape index (κ1) is 47.3. The zero-order valence-corrected chi connectivity index (χ0v) is 46.4. The maximum absolute atomic E-state index is 8.04. The molecule has 0 N–H and O–H groups in total. The summed E-state index contributed by atoms with van der Waals surface area (Å²) in [4.78, 5) is 4.91. The van der Waals surface area contributed by atoms with Gasteiger partial charge in [0.1, 0.15) is 34.2 Å². The zero-order valence-electron chi connectivity index (χ0n) is 46.4. The summed E-state index contributed by atoms with van der Waals surface area (Å²) in [6.07, 6.45) is 0. The van der Waals surface area contributed by atoms with Gasteiger partial charge >= 0.3 is 0 Å². The van der Waals surface area contributed by atoms with Crippen LogP contribution in [0, 0.1) is 0 Å². The number of nitrogens with zero attached hydrogens (tertiary/aromatic N) is 3. The fraction of sp³-hybridized carbons (Fsp3) is 0. The standard InChI is InChI=1S/C78H47B2N3O3/c1-6-25-48(26-7-1)53-37-24-38-54(49-27-8-2-9-28-49)69(53)72-76-71(56-36-17-23-44-66(56)84-76)75-74-78(72)86-68-47-67-59(45-60(68)80(74)58-40-19-22-43-63(58)83(75)52-33-14-5-15-34-52)79-57-39-18-21-42-62(57)82(51-31-12-4-13-32-51)65-46-64-70(77(85-67)73(65)79)55-35-16-20-41-61(55)81(64)50-29-10-3-11-30-50/h1-47H.